The highest BCUT2D eigenvalue weighted by Crippen LogP contribution is 2.31. The van der Waals surface area contributed by atoms with Gasteiger partial charge in [-0.3, -0.25) is 4.79 Å². The van der Waals surface area contributed by atoms with Crippen LogP contribution in [0.15, 0.2) is 36.4 Å². The number of fused-ring (bicyclic) bond motifs is 1. The predicted octanol–water partition coefficient (Wildman–Crippen LogP) is 4.61. The highest BCUT2D eigenvalue weighted by atomic mass is 19.1. The molecule has 33 heavy (non-hydrogen) atoms. The quantitative estimate of drug-likeness (QED) is 0.543. The molecular formula is C25H27FN4O3. The number of carbonyl (C=O) groups is 2. The molecule has 2 aromatic carbocycles. The number of rotatable bonds is 3. The molecule has 0 radical (unpaired) electrons. The molecule has 1 amide bonds. The fraction of sp³-hybridized carbons (Fsp3) is 0.360. The van der Waals surface area contributed by atoms with Gasteiger partial charge in [-0.2, -0.15) is 0 Å². The van der Waals surface area contributed by atoms with Gasteiger partial charge in [-0.1, -0.05) is 6.07 Å². The molecule has 0 spiro atoms. The molecule has 2 heterocycles. The lowest BCUT2D eigenvalue weighted by Gasteiger charge is -2.36. The molecule has 1 fully saturated rings. The number of hydrogen-bond acceptors (Lipinski definition) is 6. The summed E-state index contributed by atoms with van der Waals surface area (Å²) in [5.41, 5.74) is 2.34. The van der Waals surface area contributed by atoms with E-state index in [1.807, 2.05) is 31.7 Å². The van der Waals surface area contributed by atoms with Crippen molar-refractivity contribution in [2.45, 2.75) is 33.3 Å². The average molecular weight is 451 g/mol. The Balaban J connectivity index is 1.57. The van der Waals surface area contributed by atoms with Crippen LogP contribution in [0.2, 0.25) is 0 Å². The standard InChI is InChI=1S/C25H27FN4O3/c1-16-27-21-7-5-17(15-31)13-19(21)23(28-16)18-6-8-22(20(26)14-18)29-9-11-30(12-10-29)24(32)33-25(2,3)4/h5-8,13-15H,9-12H2,1-4H3. The summed E-state index contributed by atoms with van der Waals surface area (Å²) in [7, 11) is 0. The maximum Gasteiger partial charge on any atom is 0.410 e. The Morgan fingerprint density at radius 1 is 1.06 bits per heavy atom. The van der Waals surface area contributed by atoms with E-state index in [1.165, 1.54) is 6.07 Å². The topological polar surface area (TPSA) is 75.6 Å². The molecule has 0 saturated carbocycles. The monoisotopic (exact) mass is 450 g/mol. The van der Waals surface area contributed by atoms with E-state index in [9.17, 15) is 9.59 Å². The number of carbonyl (C=O) groups excluding carboxylic acids is 2. The molecule has 1 aliphatic heterocycles. The van der Waals surface area contributed by atoms with Crippen LogP contribution in [0, 0.1) is 12.7 Å². The minimum absolute atomic E-state index is 0.348. The average Bonchev–Trinajstić information content (AvgIpc) is 2.77. The number of anilines is 1. The molecule has 0 unspecified atom stereocenters. The van der Waals surface area contributed by atoms with E-state index in [0.29, 0.717) is 65.4 Å². The molecule has 172 valence electrons. The zero-order valence-electron chi connectivity index (χ0n) is 19.3. The van der Waals surface area contributed by atoms with Crippen molar-refractivity contribution in [3.8, 4) is 11.3 Å². The van der Waals surface area contributed by atoms with Crippen LogP contribution in [-0.4, -0.2) is 59.0 Å². The molecule has 0 atom stereocenters. The van der Waals surface area contributed by atoms with Crippen molar-refractivity contribution in [1.82, 2.24) is 14.9 Å². The second-order valence-corrected chi connectivity index (χ2v) is 9.13. The van der Waals surface area contributed by atoms with Crippen LogP contribution in [0.25, 0.3) is 22.2 Å². The SMILES string of the molecule is Cc1nc(-c2ccc(N3CCN(C(=O)OC(C)(C)C)CC3)c(F)c2)c2cc(C=O)ccc2n1. The smallest absolute Gasteiger partial charge is 0.410 e. The van der Waals surface area contributed by atoms with Gasteiger partial charge in [-0.05, 0) is 58.0 Å². The van der Waals surface area contributed by atoms with Gasteiger partial charge in [0, 0.05) is 42.7 Å². The van der Waals surface area contributed by atoms with Crippen molar-refractivity contribution in [1.29, 1.82) is 0 Å². The van der Waals surface area contributed by atoms with Gasteiger partial charge < -0.3 is 14.5 Å². The van der Waals surface area contributed by atoms with Gasteiger partial charge in [0.05, 0.1) is 16.9 Å². The first-order chi connectivity index (χ1) is 15.6. The molecule has 0 aliphatic carbocycles. The highest BCUT2D eigenvalue weighted by molar-refractivity contribution is 5.95. The van der Waals surface area contributed by atoms with E-state index >= 15 is 4.39 Å². The van der Waals surface area contributed by atoms with E-state index in [0.717, 1.165) is 6.29 Å². The molecule has 0 bridgehead atoms. The number of amides is 1. The third-order valence-electron chi connectivity index (χ3n) is 5.46. The number of aromatic nitrogens is 2. The predicted molar refractivity (Wildman–Crippen MR) is 125 cm³/mol. The molecule has 3 aromatic rings. The summed E-state index contributed by atoms with van der Waals surface area (Å²) in [6.45, 7) is 9.22. The maximum absolute atomic E-state index is 15.2. The van der Waals surface area contributed by atoms with Crippen LogP contribution in [0.4, 0.5) is 14.9 Å². The minimum Gasteiger partial charge on any atom is -0.444 e. The molecule has 8 heteroatoms. The molecule has 1 aliphatic rings. The van der Waals surface area contributed by atoms with E-state index in [1.54, 1.807) is 36.1 Å². The van der Waals surface area contributed by atoms with Crippen LogP contribution in [0.5, 0.6) is 0 Å². The second-order valence-electron chi connectivity index (χ2n) is 9.13. The fourth-order valence-electron chi connectivity index (χ4n) is 3.92. The Bertz CT molecular complexity index is 1210. The van der Waals surface area contributed by atoms with Crippen molar-refractivity contribution in [3.05, 3.63) is 53.6 Å². The van der Waals surface area contributed by atoms with Gasteiger partial charge in [-0.25, -0.2) is 19.2 Å². The second kappa shape index (κ2) is 8.77. The first-order valence-corrected chi connectivity index (χ1v) is 10.9. The van der Waals surface area contributed by atoms with Crippen molar-refractivity contribution in [2.75, 3.05) is 31.1 Å². The lowest BCUT2D eigenvalue weighted by molar-refractivity contribution is 0.0240. The van der Waals surface area contributed by atoms with Crippen LogP contribution >= 0.6 is 0 Å². The third-order valence-corrected chi connectivity index (χ3v) is 5.46. The number of nitrogens with zero attached hydrogens (tertiary/aromatic N) is 4. The number of aldehydes is 1. The summed E-state index contributed by atoms with van der Waals surface area (Å²) in [5.74, 6) is 0.202. The summed E-state index contributed by atoms with van der Waals surface area (Å²) in [5, 5.41) is 0.698. The Morgan fingerprint density at radius 2 is 1.79 bits per heavy atom. The first-order valence-electron chi connectivity index (χ1n) is 10.9. The van der Waals surface area contributed by atoms with Crippen LogP contribution in [0.1, 0.15) is 37.0 Å². The van der Waals surface area contributed by atoms with Gasteiger partial charge >= 0.3 is 6.09 Å². The van der Waals surface area contributed by atoms with E-state index in [4.69, 9.17) is 4.74 Å². The van der Waals surface area contributed by atoms with E-state index in [-0.39, 0.29) is 11.9 Å². The Kier molecular flexibility index (Phi) is 6.01. The first kappa shape index (κ1) is 22.6. The number of aryl methyl sites for hydroxylation is 1. The number of hydrogen-bond donors (Lipinski definition) is 0. The molecule has 4 rings (SSSR count). The third kappa shape index (κ3) is 4.94. The Morgan fingerprint density at radius 3 is 2.42 bits per heavy atom. The normalized spacial score (nSPS) is 14.5. The number of piperazine rings is 1. The summed E-state index contributed by atoms with van der Waals surface area (Å²) >= 11 is 0. The molecular weight excluding hydrogens is 423 g/mol. The van der Waals surface area contributed by atoms with Gasteiger partial charge in [0.1, 0.15) is 23.5 Å². The fourth-order valence-corrected chi connectivity index (χ4v) is 3.92. The van der Waals surface area contributed by atoms with Crippen molar-refractivity contribution in [3.63, 3.8) is 0 Å². The van der Waals surface area contributed by atoms with Gasteiger partial charge in [0.15, 0.2) is 0 Å². The summed E-state index contributed by atoms with van der Waals surface area (Å²) in [4.78, 5) is 36.0. The van der Waals surface area contributed by atoms with Crippen LogP contribution in [-0.2, 0) is 4.74 Å². The molecule has 1 aromatic heterocycles. The van der Waals surface area contributed by atoms with Crippen molar-refractivity contribution >= 4 is 29.0 Å². The summed E-state index contributed by atoms with van der Waals surface area (Å²) in [6.07, 6.45) is 0.419. The van der Waals surface area contributed by atoms with Gasteiger partial charge in [0.25, 0.3) is 0 Å². The molecule has 7 nitrogen and oxygen atoms in total. The highest BCUT2D eigenvalue weighted by Gasteiger charge is 2.27. The van der Waals surface area contributed by atoms with Gasteiger partial charge in [-0.15, -0.1) is 0 Å². The number of halogens is 1. The summed E-state index contributed by atoms with van der Waals surface area (Å²) in [6, 6.07) is 10.2. The Labute approximate surface area is 192 Å². The van der Waals surface area contributed by atoms with E-state index in [2.05, 4.69) is 9.97 Å². The molecule has 1 saturated heterocycles. The lowest BCUT2D eigenvalue weighted by Crippen LogP contribution is -2.50. The zero-order chi connectivity index (χ0) is 23.8. The largest absolute Gasteiger partial charge is 0.444 e. The lowest BCUT2D eigenvalue weighted by atomic mass is 10.0. The Hall–Kier alpha value is -3.55. The zero-order valence-corrected chi connectivity index (χ0v) is 19.3. The van der Waals surface area contributed by atoms with Crippen LogP contribution < -0.4 is 4.90 Å². The summed E-state index contributed by atoms with van der Waals surface area (Å²) < 4.78 is 20.6. The van der Waals surface area contributed by atoms with Crippen LogP contribution in [0.3, 0.4) is 0 Å². The van der Waals surface area contributed by atoms with E-state index < -0.39 is 5.60 Å². The molecule has 0 N–H and O–H groups in total. The number of ether oxygens (including phenoxy) is 1. The van der Waals surface area contributed by atoms with Crippen molar-refractivity contribution < 1.29 is 18.7 Å². The maximum atomic E-state index is 15.2. The number of benzene rings is 2. The minimum atomic E-state index is -0.549. The van der Waals surface area contributed by atoms with Crippen molar-refractivity contribution in [2.24, 2.45) is 0 Å². The van der Waals surface area contributed by atoms with Gasteiger partial charge in [0.2, 0.25) is 0 Å².